The highest BCUT2D eigenvalue weighted by molar-refractivity contribution is 6.04. The van der Waals surface area contributed by atoms with Crippen LogP contribution in [0.5, 0.6) is 11.5 Å². The molecule has 0 bridgehead atoms. The molecule has 1 amide bonds. The predicted molar refractivity (Wildman–Crippen MR) is 138 cm³/mol. The predicted octanol–water partition coefficient (Wildman–Crippen LogP) is 3.49. The van der Waals surface area contributed by atoms with E-state index in [0.29, 0.717) is 39.6 Å². The zero-order valence-electron chi connectivity index (χ0n) is 21.0. The molecular weight excluding hydrogens is 474 g/mol. The van der Waals surface area contributed by atoms with Crippen LogP contribution in [0.1, 0.15) is 27.2 Å². The number of amides is 1. The molecule has 0 aliphatic rings. The molecular formula is C26H25N7O4. The first-order valence-electron chi connectivity index (χ1n) is 11.4. The quantitative estimate of drug-likeness (QED) is 0.366. The highest BCUT2D eigenvalue weighted by Gasteiger charge is 2.19. The van der Waals surface area contributed by atoms with Crippen LogP contribution in [0.2, 0.25) is 0 Å². The van der Waals surface area contributed by atoms with Crippen molar-refractivity contribution in [2.24, 2.45) is 0 Å². The summed E-state index contributed by atoms with van der Waals surface area (Å²) in [5, 5.41) is 12.0. The Hall–Kier alpha value is -4.93. The van der Waals surface area contributed by atoms with Crippen LogP contribution < -0.4 is 20.3 Å². The number of hydrogen-bond acceptors (Lipinski definition) is 7. The minimum atomic E-state index is -0.415. The van der Waals surface area contributed by atoms with E-state index < -0.39 is 5.91 Å². The van der Waals surface area contributed by atoms with Gasteiger partial charge >= 0.3 is 0 Å². The summed E-state index contributed by atoms with van der Waals surface area (Å²) in [4.78, 5) is 33.5. The molecule has 0 unspecified atom stereocenters. The van der Waals surface area contributed by atoms with Gasteiger partial charge in [0, 0.05) is 17.7 Å². The topological polar surface area (TPSA) is 129 Å². The van der Waals surface area contributed by atoms with Crippen LogP contribution in [0, 0.1) is 20.8 Å². The summed E-state index contributed by atoms with van der Waals surface area (Å²) in [6.45, 7) is 5.78. The first kappa shape index (κ1) is 23.8. The number of nitrogens with zero attached hydrogens (tertiary/aromatic N) is 5. The second-order valence-electron chi connectivity index (χ2n) is 8.54. The number of benzene rings is 2. The van der Waals surface area contributed by atoms with Gasteiger partial charge in [-0.15, -0.1) is 0 Å². The van der Waals surface area contributed by atoms with Crippen LogP contribution in [-0.4, -0.2) is 49.7 Å². The fourth-order valence-electron chi connectivity index (χ4n) is 4.03. The molecule has 0 saturated carbocycles. The normalized spacial score (nSPS) is 11.1. The molecule has 188 valence electrons. The van der Waals surface area contributed by atoms with Gasteiger partial charge in [0.15, 0.2) is 5.65 Å². The molecule has 3 aromatic heterocycles. The van der Waals surface area contributed by atoms with E-state index in [4.69, 9.17) is 9.47 Å². The smallest absolute Gasteiger partial charge is 0.263 e. The van der Waals surface area contributed by atoms with Gasteiger partial charge in [-0.2, -0.15) is 19.9 Å². The first-order valence-corrected chi connectivity index (χ1v) is 11.4. The minimum absolute atomic E-state index is 0.135. The maximum absolute atomic E-state index is 13.1. The van der Waals surface area contributed by atoms with E-state index in [1.54, 1.807) is 35.9 Å². The Morgan fingerprint density at radius 2 is 1.73 bits per heavy atom. The van der Waals surface area contributed by atoms with Crippen LogP contribution in [0.25, 0.3) is 22.7 Å². The Bertz CT molecular complexity index is 1690. The number of carbonyl (C=O) groups is 1. The van der Waals surface area contributed by atoms with Crippen molar-refractivity contribution >= 4 is 22.8 Å². The molecule has 2 N–H and O–H groups in total. The van der Waals surface area contributed by atoms with Gasteiger partial charge in [-0.05, 0) is 50.1 Å². The average Bonchev–Trinajstić information content (AvgIpc) is 3.48. The van der Waals surface area contributed by atoms with Crippen molar-refractivity contribution in [3.05, 3.63) is 81.4 Å². The van der Waals surface area contributed by atoms with Crippen molar-refractivity contribution in [3.8, 4) is 23.1 Å². The molecule has 0 radical (unpaired) electrons. The molecule has 37 heavy (non-hydrogen) atoms. The van der Waals surface area contributed by atoms with Gasteiger partial charge in [-0.1, -0.05) is 12.1 Å². The summed E-state index contributed by atoms with van der Waals surface area (Å²) in [6.07, 6.45) is 1.49. The maximum atomic E-state index is 13.1. The summed E-state index contributed by atoms with van der Waals surface area (Å²) in [7, 11) is 3.02. The van der Waals surface area contributed by atoms with E-state index in [2.05, 4.69) is 25.5 Å². The first-order chi connectivity index (χ1) is 17.8. The molecule has 5 aromatic rings. The summed E-state index contributed by atoms with van der Waals surface area (Å²) >= 11 is 0. The van der Waals surface area contributed by atoms with Gasteiger partial charge in [0.1, 0.15) is 22.7 Å². The van der Waals surface area contributed by atoms with E-state index in [9.17, 15) is 9.59 Å². The third kappa shape index (κ3) is 4.31. The number of rotatable bonds is 6. The second kappa shape index (κ2) is 9.26. The van der Waals surface area contributed by atoms with Crippen molar-refractivity contribution in [1.29, 1.82) is 0 Å². The molecule has 0 saturated heterocycles. The summed E-state index contributed by atoms with van der Waals surface area (Å²) in [6, 6.07) is 12.4. The minimum Gasteiger partial charge on any atom is -0.497 e. The molecule has 11 heteroatoms. The number of H-pyrrole nitrogens is 1. The number of methoxy groups -OCH3 is 2. The van der Waals surface area contributed by atoms with Crippen molar-refractivity contribution in [2.75, 3.05) is 19.5 Å². The number of hydrogen-bond donors (Lipinski definition) is 2. The zero-order chi connectivity index (χ0) is 26.3. The molecule has 0 aliphatic heterocycles. The summed E-state index contributed by atoms with van der Waals surface area (Å²) in [5.74, 6) is 0.999. The highest BCUT2D eigenvalue weighted by Crippen LogP contribution is 2.25. The fraction of sp³-hybridized carbons (Fsp3) is 0.192. The molecule has 2 aromatic carbocycles. The second-order valence-corrected chi connectivity index (χ2v) is 8.54. The number of aryl methyl sites for hydroxylation is 2. The molecule has 0 fully saturated rings. The maximum Gasteiger partial charge on any atom is 0.263 e. The fourth-order valence-corrected chi connectivity index (χ4v) is 4.03. The van der Waals surface area contributed by atoms with Crippen LogP contribution in [0.4, 0.5) is 5.82 Å². The van der Waals surface area contributed by atoms with E-state index in [0.717, 1.165) is 16.8 Å². The lowest BCUT2D eigenvalue weighted by atomic mass is 10.1. The summed E-state index contributed by atoms with van der Waals surface area (Å²) < 4.78 is 13.6. The largest absolute Gasteiger partial charge is 0.497 e. The van der Waals surface area contributed by atoms with Gasteiger partial charge in [0.05, 0.1) is 31.8 Å². The van der Waals surface area contributed by atoms with Gasteiger partial charge in [0.2, 0.25) is 5.95 Å². The number of anilines is 1. The Morgan fingerprint density at radius 3 is 2.43 bits per heavy atom. The SMILES string of the molecule is COc1cc(OC)cc(C(=O)Nc2cc(C)nn2-c2nc3c(cnn3-c3cccc(C)c3C)c(=O)[nH]2)c1. The monoisotopic (exact) mass is 499 g/mol. The number of nitrogens with one attached hydrogen (secondary N) is 2. The number of ether oxygens (including phenoxy) is 2. The molecule has 5 rings (SSSR count). The van der Waals surface area contributed by atoms with Gasteiger partial charge in [0.25, 0.3) is 11.5 Å². The van der Waals surface area contributed by atoms with E-state index >= 15 is 0 Å². The lowest BCUT2D eigenvalue weighted by Gasteiger charge is -2.11. The Kier molecular flexibility index (Phi) is 5.96. The van der Waals surface area contributed by atoms with Gasteiger partial charge in [-0.3, -0.25) is 14.6 Å². The molecule has 11 nitrogen and oxygen atoms in total. The van der Waals surface area contributed by atoms with Crippen LogP contribution >= 0.6 is 0 Å². The molecule has 3 heterocycles. The van der Waals surface area contributed by atoms with Gasteiger partial charge < -0.3 is 14.8 Å². The van der Waals surface area contributed by atoms with Crippen LogP contribution in [-0.2, 0) is 0 Å². The van der Waals surface area contributed by atoms with Crippen LogP contribution in [0.3, 0.4) is 0 Å². The number of aromatic amines is 1. The van der Waals surface area contributed by atoms with E-state index in [1.807, 2.05) is 32.0 Å². The molecule has 0 atom stereocenters. The number of carbonyl (C=O) groups excluding carboxylic acids is 1. The standard InChI is InChI=1S/C26H25N7O4/c1-14-7-6-8-21(16(14)3)32-23-20(13-27-32)25(35)30-26(29-23)33-22(9-15(2)31-33)28-24(34)17-10-18(36-4)12-19(11-17)37-5/h6-13H,1-5H3,(H,28,34)(H,29,30,35). The summed E-state index contributed by atoms with van der Waals surface area (Å²) in [5.41, 5.74) is 3.86. The average molecular weight is 500 g/mol. The highest BCUT2D eigenvalue weighted by atomic mass is 16.5. The van der Waals surface area contributed by atoms with Gasteiger partial charge in [-0.25, -0.2) is 4.68 Å². The van der Waals surface area contributed by atoms with Crippen molar-refractivity contribution in [3.63, 3.8) is 0 Å². The number of fused-ring (bicyclic) bond motifs is 1. The van der Waals surface area contributed by atoms with Crippen molar-refractivity contribution in [1.82, 2.24) is 29.5 Å². The Balaban J connectivity index is 1.58. The lowest BCUT2D eigenvalue weighted by Crippen LogP contribution is -2.19. The molecule has 0 spiro atoms. The number of aromatic nitrogens is 6. The third-order valence-corrected chi connectivity index (χ3v) is 6.12. The van der Waals surface area contributed by atoms with Crippen LogP contribution in [0.15, 0.2) is 53.5 Å². The Morgan fingerprint density at radius 1 is 1.00 bits per heavy atom. The van der Waals surface area contributed by atoms with Crippen molar-refractivity contribution < 1.29 is 14.3 Å². The van der Waals surface area contributed by atoms with E-state index in [1.165, 1.54) is 25.1 Å². The van der Waals surface area contributed by atoms with Crippen molar-refractivity contribution in [2.45, 2.75) is 20.8 Å². The zero-order valence-corrected chi connectivity index (χ0v) is 21.0. The van der Waals surface area contributed by atoms with E-state index in [-0.39, 0.29) is 11.5 Å². The Labute approximate surface area is 211 Å². The third-order valence-electron chi connectivity index (χ3n) is 6.12. The lowest BCUT2D eigenvalue weighted by molar-refractivity contribution is 0.102. The molecule has 0 aliphatic carbocycles.